The molecule has 0 unspecified atom stereocenters. The van der Waals surface area contributed by atoms with Crippen LogP contribution in [-0.4, -0.2) is 39.8 Å². The Balaban J connectivity index is 1.50. The SMILES string of the molecule is NC(=O)c1cccc(-c2nccnc2[C@H]2CCCN(C(=O)CCc3ccccc3)C2)c1. The molecular formula is C25H26N4O2. The van der Waals surface area contributed by atoms with Crippen LogP contribution in [0.1, 0.15) is 46.8 Å². The number of amides is 2. The van der Waals surface area contributed by atoms with Gasteiger partial charge in [0.1, 0.15) is 0 Å². The van der Waals surface area contributed by atoms with Gasteiger partial charge in [-0.3, -0.25) is 19.6 Å². The number of nitrogens with two attached hydrogens (primary N) is 1. The number of aryl methyl sites for hydroxylation is 1. The quantitative estimate of drug-likeness (QED) is 0.668. The van der Waals surface area contributed by atoms with Gasteiger partial charge in [-0.15, -0.1) is 0 Å². The Morgan fingerprint density at radius 1 is 1.03 bits per heavy atom. The molecule has 0 radical (unpaired) electrons. The van der Waals surface area contributed by atoms with Gasteiger partial charge < -0.3 is 10.6 Å². The van der Waals surface area contributed by atoms with Crippen LogP contribution in [0, 0.1) is 0 Å². The van der Waals surface area contributed by atoms with Crippen molar-refractivity contribution >= 4 is 11.8 Å². The van der Waals surface area contributed by atoms with Gasteiger partial charge in [-0.05, 0) is 37.0 Å². The van der Waals surface area contributed by atoms with E-state index >= 15 is 0 Å². The normalized spacial score (nSPS) is 16.1. The highest BCUT2D eigenvalue weighted by molar-refractivity contribution is 5.94. The van der Waals surface area contributed by atoms with E-state index in [1.807, 2.05) is 29.2 Å². The first kappa shape index (κ1) is 20.7. The number of likely N-dealkylation sites (tertiary alicyclic amines) is 1. The van der Waals surface area contributed by atoms with Gasteiger partial charge in [0.15, 0.2) is 0 Å². The molecule has 1 aromatic heterocycles. The molecule has 6 heteroatoms. The van der Waals surface area contributed by atoms with Crippen LogP contribution in [0.25, 0.3) is 11.3 Å². The molecule has 2 aromatic carbocycles. The van der Waals surface area contributed by atoms with Crippen LogP contribution in [0.2, 0.25) is 0 Å². The number of hydrogen-bond donors (Lipinski definition) is 1. The van der Waals surface area contributed by atoms with Crippen molar-refractivity contribution in [1.82, 2.24) is 14.9 Å². The summed E-state index contributed by atoms with van der Waals surface area (Å²) in [7, 11) is 0. The van der Waals surface area contributed by atoms with E-state index in [9.17, 15) is 9.59 Å². The third-order valence-electron chi connectivity index (χ3n) is 5.78. The minimum absolute atomic E-state index is 0.107. The Kier molecular flexibility index (Phi) is 6.36. The Bertz CT molecular complexity index is 1070. The number of carbonyl (C=O) groups excluding carboxylic acids is 2. The van der Waals surface area contributed by atoms with Crippen molar-refractivity contribution in [2.45, 2.75) is 31.6 Å². The number of hydrogen-bond acceptors (Lipinski definition) is 4. The zero-order chi connectivity index (χ0) is 21.6. The van der Waals surface area contributed by atoms with Crippen molar-refractivity contribution in [3.63, 3.8) is 0 Å². The first-order chi connectivity index (χ1) is 15.1. The molecule has 0 spiro atoms. The summed E-state index contributed by atoms with van der Waals surface area (Å²) in [5, 5.41) is 0. The van der Waals surface area contributed by atoms with Crippen LogP contribution < -0.4 is 5.73 Å². The lowest BCUT2D eigenvalue weighted by atomic mass is 9.91. The molecule has 0 aliphatic carbocycles. The molecule has 2 heterocycles. The Labute approximate surface area is 182 Å². The molecule has 6 nitrogen and oxygen atoms in total. The van der Waals surface area contributed by atoms with Gasteiger partial charge in [0.25, 0.3) is 0 Å². The van der Waals surface area contributed by atoms with Crippen LogP contribution in [-0.2, 0) is 11.2 Å². The second-order valence-corrected chi connectivity index (χ2v) is 7.90. The fourth-order valence-electron chi connectivity index (χ4n) is 4.17. The second-order valence-electron chi connectivity index (χ2n) is 7.90. The summed E-state index contributed by atoms with van der Waals surface area (Å²) in [6.07, 6.45) is 6.47. The van der Waals surface area contributed by atoms with Crippen molar-refractivity contribution in [2.24, 2.45) is 5.73 Å². The van der Waals surface area contributed by atoms with Gasteiger partial charge in [0.2, 0.25) is 11.8 Å². The van der Waals surface area contributed by atoms with Crippen LogP contribution in [0.3, 0.4) is 0 Å². The van der Waals surface area contributed by atoms with E-state index in [-0.39, 0.29) is 11.8 Å². The first-order valence-electron chi connectivity index (χ1n) is 10.6. The molecule has 4 rings (SSSR count). The molecule has 2 amide bonds. The molecule has 158 valence electrons. The maximum absolute atomic E-state index is 12.9. The average molecular weight is 415 g/mol. The van der Waals surface area contributed by atoms with E-state index < -0.39 is 5.91 Å². The number of carbonyl (C=O) groups is 2. The highest BCUT2D eigenvalue weighted by atomic mass is 16.2. The molecule has 1 aliphatic heterocycles. The number of rotatable bonds is 6. The number of aromatic nitrogens is 2. The lowest BCUT2D eigenvalue weighted by Crippen LogP contribution is -2.39. The molecule has 0 bridgehead atoms. The standard InChI is InChI=1S/C25H26N4O2/c26-25(31)20-9-4-8-19(16-20)23-24(28-14-13-27-23)21-10-5-15-29(17-21)22(30)12-11-18-6-2-1-3-7-18/h1-4,6-9,13-14,16,21H,5,10-12,15,17H2,(H2,26,31)/t21-/m0/s1. The summed E-state index contributed by atoms with van der Waals surface area (Å²) in [5.74, 6) is -0.190. The predicted octanol–water partition coefficient (Wildman–Crippen LogP) is 3.58. The van der Waals surface area contributed by atoms with E-state index in [1.54, 1.807) is 30.6 Å². The minimum atomic E-state index is -0.472. The molecule has 1 aliphatic rings. The van der Waals surface area contributed by atoms with Gasteiger partial charge in [0.05, 0.1) is 11.4 Å². The Morgan fingerprint density at radius 3 is 2.65 bits per heavy atom. The molecule has 2 N–H and O–H groups in total. The summed E-state index contributed by atoms with van der Waals surface area (Å²) in [5.41, 5.74) is 9.48. The van der Waals surface area contributed by atoms with E-state index in [0.29, 0.717) is 18.5 Å². The van der Waals surface area contributed by atoms with E-state index in [1.165, 1.54) is 5.56 Å². The third-order valence-corrected chi connectivity index (χ3v) is 5.78. The number of piperidine rings is 1. The Morgan fingerprint density at radius 2 is 1.84 bits per heavy atom. The van der Waals surface area contributed by atoms with Gasteiger partial charge in [0, 0.05) is 48.9 Å². The third kappa shape index (κ3) is 4.97. The lowest BCUT2D eigenvalue weighted by Gasteiger charge is -2.33. The summed E-state index contributed by atoms with van der Waals surface area (Å²) in [6.45, 7) is 1.41. The molecule has 0 saturated carbocycles. The van der Waals surface area contributed by atoms with Crippen molar-refractivity contribution in [3.05, 3.63) is 83.8 Å². The highest BCUT2D eigenvalue weighted by Gasteiger charge is 2.27. The molecule has 1 fully saturated rings. The maximum atomic E-state index is 12.9. The van der Waals surface area contributed by atoms with Gasteiger partial charge in [-0.2, -0.15) is 0 Å². The summed E-state index contributed by atoms with van der Waals surface area (Å²) in [6, 6.07) is 17.2. The van der Waals surface area contributed by atoms with E-state index in [4.69, 9.17) is 5.73 Å². The molecule has 31 heavy (non-hydrogen) atoms. The van der Waals surface area contributed by atoms with Gasteiger partial charge >= 0.3 is 0 Å². The van der Waals surface area contributed by atoms with Crippen LogP contribution in [0.15, 0.2) is 67.0 Å². The lowest BCUT2D eigenvalue weighted by molar-refractivity contribution is -0.132. The van der Waals surface area contributed by atoms with Crippen LogP contribution >= 0.6 is 0 Å². The van der Waals surface area contributed by atoms with Gasteiger partial charge in [-0.25, -0.2) is 0 Å². The topological polar surface area (TPSA) is 89.2 Å². The summed E-state index contributed by atoms with van der Waals surface area (Å²) < 4.78 is 0. The smallest absolute Gasteiger partial charge is 0.248 e. The highest BCUT2D eigenvalue weighted by Crippen LogP contribution is 2.32. The molecule has 3 aromatic rings. The monoisotopic (exact) mass is 414 g/mol. The number of primary amides is 1. The predicted molar refractivity (Wildman–Crippen MR) is 119 cm³/mol. The van der Waals surface area contributed by atoms with E-state index in [0.717, 1.165) is 42.8 Å². The summed E-state index contributed by atoms with van der Waals surface area (Å²) >= 11 is 0. The second kappa shape index (κ2) is 9.51. The van der Waals surface area contributed by atoms with Crippen molar-refractivity contribution < 1.29 is 9.59 Å². The van der Waals surface area contributed by atoms with Gasteiger partial charge in [-0.1, -0.05) is 42.5 Å². The molecular weight excluding hydrogens is 388 g/mol. The number of benzene rings is 2. The molecule has 1 saturated heterocycles. The largest absolute Gasteiger partial charge is 0.366 e. The molecule has 1 atom stereocenters. The Hall–Kier alpha value is -3.54. The fraction of sp³-hybridized carbons (Fsp3) is 0.280. The van der Waals surface area contributed by atoms with E-state index in [2.05, 4.69) is 22.1 Å². The van der Waals surface area contributed by atoms with Crippen LogP contribution in [0.4, 0.5) is 0 Å². The number of nitrogens with zero attached hydrogens (tertiary/aromatic N) is 3. The van der Waals surface area contributed by atoms with Crippen molar-refractivity contribution in [3.8, 4) is 11.3 Å². The maximum Gasteiger partial charge on any atom is 0.248 e. The van der Waals surface area contributed by atoms with Crippen LogP contribution in [0.5, 0.6) is 0 Å². The first-order valence-corrected chi connectivity index (χ1v) is 10.6. The van der Waals surface area contributed by atoms with Crippen molar-refractivity contribution in [2.75, 3.05) is 13.1 Å². The zero-order valence-electron chi connectivity index (χ0n) is 17.4. The summed E-state index contributed by atoms with van der Waals surface area (Å²) in [4.78, 5) is 35.6. The van der Waals surface area contributed by atoms with Crippen molar-refractivity contribution in [1.29, 1.82) is 0 Å². The zero-order valence-corrected chi connectivity index (χ0v) is 17.4. The fourth-order valence-corrected chi connectivity index (χ4v) is 4.17. The average Bonchev–Trinajstić information content (AvgIpc) is 2.83. The minimum Gasteiger partial charge on any atom is -0.366 e.